The van der Waals surface area contributed by atoms with Crippen LogP contribution in [0.2, 0.25) is 5.02 Å². The van der Waals surface area contributed by atoms with Crippen LogP contribution < -0.4 is 24.3 Å². The lowest BCUT2D eigenvalue weighted by Crippen LogP contribution is -2.27. The number of thiophene rings is 1. The van der Waals surface area contributed by atoms with Crippen molar-refractivity contribution in [3.05, 3.63) is 56.9 Å². The molecule has 7 nitrogen and oxygen atoms in total. The van der Waals surface area contributed by atoms with Crippen molar-refractivity contribution in [3.63, 3.8) is 0 Å². The molecular formula is C30H35ClN2O5S. The highest BCUT2D eigenvalue weighted by Crippen LogP contribution is 2.46. The van der Waals surface area contributed by atoms with Gasteiger partial charge in [0.15, 0.2) is 11.5 Å². The van der Waals surface area contributed by atoms with Crippen LogP contribution in [0.3, 0.4) is 0 Å². The van der Waals surface area contributed by atoms with E-state index in [2.05, 4.69) is 26.1 Å². The van der Waals surface area contributed by atoms with Crippen molar-refractivity contribution in [1.82, 2.24) is 0 Å². The van der Waals surface area contributed by atoms with E-state index in [1.807, 2.05) is 0 Å². The van der Waals surface area contributed by atoms with Gasteiger partial charge in [0.2, 0.25) is 0 Å². The van der Waals surface area contributed by atoms with Gasteiger partial charge in [0.05, 0.1) is 39.7 Å². The number of nitrogens with zero attached hydrogens (tertiary/aromatic N) is 1. The lowest BCUT2D eigenvalue weighted by atomic mass is 9.72. The van der Waals surface area contributed by atoms with E-state index in [9.17, 15) is 4.79 Å². The van der Waals surface area contributed by atoms with Crippen LogP contribution in [0.1, 0.15) is 53.6 Å². The Kier molecular flexibility index (Phi) is 8.76. The number of carbonyl (C=O) groups is 1. The van der Waals surface area contributed by atoms with Crippen LogP contribution in [0, 0.1) is 11.3 Å². The molecule has 0 radical (unpaired) electrons. The average Bonchev–Trinajstić information content (AvgIpc) is 3.28. The van der Waals surface area contributed by atoms with Crippen molar-refractivity contribution >= 4 is 45.7 Å². The number of aliphatic imine (C=N–C) groups is 1. The van der Waals surface area contributed by atoms with Gasteiger partial charge in [0, 0.05) is 27.7 Å². The van der Waals surface area contributed by atoms with E-state index < -0.39 is 0 Å². The number of benzene rings is 2. The maximum Gasteiger partial charge on any atom is 0.259 e. The molecule has 1 amide bonds. The van der Waals surface area contributed by atoms with E-state index in [4.69, 9.17) is 35.5 Å². The highest BCUT2D eigenvalue weighted by Gasteiger charge is 2.34. The van der Waals surface area contributed by atoms with Gasteiger partial charge in [-0.1, -0.05) is 32.4 Å². The van der Waals surface area contributed by atoms with Crippen LogP contribution in [0.25, 0.3) is 0 Å². The SMILES string of the molecule is COc1cc(OC)c(OC)cc1/C=N/c1sc2c(c1C(=O)Nc1cc(Cl)ccc1OC)CCC(C(C)(C)C)C2. The second kappa shape index (κ2) is 11.9. The fourth-order valence-electron chi connectivity index (χ4n) is 4.88. The largest absolute Gasteiger partial charge is 0.496 e. The molecule has 39 heavy (non-hydrogen) atoms. The van der Waals surface area contributed by atoms with Gasteiger partial charge in [-0.2, -0.15) is 0 Å². The van der Waals surface area contributed by atoms with Gasteiger partial charge in [-0.25, -0.2) is 4.99 Å². The molecule has 1 aliphatic carbocycles. The van der Waals surface area contributed by atoms with Crippen molar-refractivity contribution < 1.29 is 23.7 Å². The Bertz CT molecular complexity index is 1390. The van der Waals surface area contributed by atoms with Crippen LogP contribution in [-0.4, -0.2) is 40.6 Å². The van der Waals surface area contributed by atoms with Crippen molar-refractivity contribution in [2.24, 2.45) is 16.3 Å². The van der Waals surface area contributed by atoms with Crippen LogP contribution in [0.15, 0.2) is 35.3 Å². The summed E-state index contributed by atoms with van der Waals surface area (Å²) >= 11 is 7.79. The van der Waals surface area contributed by atoms with Crippen molar-refractivity contribution in [2.45, 2.75) is 40.0 Å². The van der Waals surface area contributed by atoms with Gasteiger partial charge >= 0.3 is 0 Å². The topological polar surface area (TPSA) is 78.4 Å². The zero-order chi connectivity index (χ0) is 28.3. The number of rotatable bonds is 8. The summed E-state index contributed by atoms with van der Waals surface area (Å²) in [6, 6.07) is 8.70. The Morgan fingerprint density at radius 1 is 1.00 bits per heavy atom. The summed E-state index contributed by atoms with van der Waals surface area (Å²) in [6.45, 7) is 6.83. The zero-order valence-corrected chi connectivity index (χ0v) is 25.0. The number of fused-ring (bicyclic) bond motifs is 1. The Balaban J connectivity index is 1.78. The summed E-state index contributed by atoms with van der Waals surface area (Å²) in [5.74, 6) is 2.51. The highest BCUT2D eigenvalue weighted by molar-refractivity contribution is 7.16. The molecule has 3 aromatic rings. The minimum absolute atomic E-state index is 0.175. The summed E-state index contributed by atoms with van der Waals surface area (Å²) in [5.41, 5.74) is 3.03. The molecule has 0 bridgehead atoms. The molecule has 0 saturated heterocycles. The fraction of sp³-hybridized carbons (Fsp3) is 0.400. The summed E-state index contributed by atoms with van der Waals surface area (Å²) in [5, 5.41) is 4.16. The van der Waals surface area contributed by atoms with Crippen molar-refractivity contribution in [1.29, 1.82) is 0 Å². The van der Waals surface area contributed by atoms with E-state index >= 15 is 0 Å². The van der Waals surface area contributed by atoms with Gasteiger partial charge in [-0.15, -0.1) is 11.3 Å². The first-order chi connectivity index (χ1) is 18.6. The second-order valence-electron chi connectivity index (χ2n) is 10.5. The normalized spacial score (nSPS) is 15.1. The molecule has 4 rings (SSSR count). The average molecular weight is 571 g/mol. The molecule has 0 fully saturated rings. The summed E-state index contributed by atoms with van der Waals surface area (Å²) in [6.07, 6.45) is 4.45. The second-order valence-corrected chi connectivity index (χ2v) is 12.0. The predicted molar refractivity (Wildman–Crippen MR) is 159 cm³/mol. The Labute approximate surface area is 239 Å². The third-order valence-corrected chi connectivity index (χ3v) is 8.56. The van der Waals surface area contributed by atoms with E-state index in [0.717, 1.165) is 24.8 Å². The summed E-state index contributed by atoms with van der Waals surface area (Å²) in [4.78, 5) is 19.8. The van der Waals surface area contributed by atoms with Gasteiger partial charge in [-0.05, 0) is 60.4 Å². The van der Waals surface area contributed by atoms with E-state index in [1.54, 1.807) is 76.3 Å². The molecule has 0 spiro atoms. The number of ether oxygens (including phenoxy) is 4. The number of halogens is 1. The first-order valence-corrected chi connectivity index (χ1v) is 13.9. The maximum atomic E-state index is 13.8. The Hall–Kier alpha value is -3.23. The minimum Gasteiger partial charge on any atom is -0.496 e. The van der Waals surface area contributed by atoms with Crippen molar-refractivity contribution in [3.8, 4) is 23.0 Å². The Morgan fingerprint density at radius 3 is 2.31 bits per heavy atom. The number of hydrogen-bond acceptors (Lipinski definition) is 7. The monoisotopic (exact) mass is 570 g/mol. The molecule has 1 aromatic heterocycles. The number of anilines is 1. The number of amides is 1. The van der Waals surface area contributed by atoms with Crippen LogP contribution in [-0.2, 0) is 12.8 Å². The summed E-state index contributed by atoms with van der Waals surface area (Å²) in [7, 11) is 6.30. The minimum atomic E-state index is -0.242. The molecule has 1 unspecified atom stereocenters. The number of carbonyl (C=O) groups excluding carboxylic acids is 1. The molecule has 0 saturated carbocycles. The van der Waals surface area contributed by atoms with E-state index in [1.165, 1.54) is 4.88 Å². The highest BCUT2D eigenvalue weighted by atomic mass is 35.5. The fourth-order valence-corrected chi connectivity index (χ4v) is 6.32. The lowest BCUT2D eigenvalue weighted by molar-refractivity contribution is 0.102. The third kappa shape index (κ3) is 6.17. The Morgan fingerprint density at radius 2 is 1.67 bits per heavy atom. The standard InChI is InChI=1S/C30H35ClN2O5S/c1-30(2,3)18-8-10-20-26(13-18)39-29(27(20)28(34)33-21-14-19(31)9-11-22(21)35-4)32-16-17-12-24(37-6)25(38-7)15-23(17)36-5/h9,11-12,14-16,18H,8,10,13H2,1-7H3,(H,33,34)/b32-16+. The van der Waals surface area contributed by atoms with Gasteiger partial charge in [0.1, 0.15) is 16.5 Å². The molecule has 2 aromatic carbocycles. The number of hydrogen-bond donors (Lipinski definition) is 1. The van der Waals surface area contributed by atoms with Crippen molar-refractivity contribution in [2.75, 3.05) is 33.8 Å². The zero-order valence-electron chi connectivity index (χ0n) is 23.4. The van der Waals surface area contributed by atoms with Crippen LogP contribution >= 0.6 is 22.9 Å². The molecule has 1 aliphatic rings. The van der Waals surface area contributed by atoms with Crippen LogP contribution in [0.4, 0.5) is 10.7 Å². The molecule has 1 atom stereocenters. The number of methoxy groups -OCH3 is 4. The smallest absolute Gasteiger partial charge is 0.259 e. The maximum absolute atomic E-state index is 13.8. The summed E-state index contributed by atoms with van der Waals surface area (Å²) < 4.78 is 21.9. The molecular weight excluding hydrogens is 536 g/mol. The molecule has 208 valence electrons. The first-order valence-electron chi connectivity index (χ1n) is 12.7. The number of nitrogens with one attached hydrogen (secondary N) is 1. The van der Waals surface area contributed by atoms with Gasteiger partial charge < -0.3 is 24.3 Å². The molecule has 9 heteroatoms. The predicted octanol–water partition coefficient (Wildman–Crippen LogP) is 7.59. The van der Waals surface area contributed by atoms with E-state index in [-0.39, 0.29) is 11.3 Å². The molecule has 0 aliphatic heterocycles. The lowest BCUT2D eigenvalue weighted by Gasteiger charge is -2.33. The first kappa shape index (κ1) is 28.8. The van der Waals surface area contributed by atoms with Crippen LogP contribution in [0.5, 0.6) is 23.0 Å². The van der Waals surface area contributed by atoms with Gasteiger partial charge in [-0.3, -0.25) is 4.79 Å². The third-order valence-electron chi connectivity index (χ3n) is 7.17. The molecule has 1 heterocycles. The van der Waals surface area contributed by atoms with E-state index in [0.29, 0.717) is 55.8 Å². The quantitative estimate of drug-likeness (QED) is 0.282. The molecule has 1 N–H and O–H groups in total. The van der Waals surface area contributed by atoms with Gasteiger partial charge in [0.25, 0.3) is 5.91 Å².